The van der Waals surface area contributed by atoms with Crippen LogP contribution in [-0.2, 0) is 20.7 Å². The Morgan fingerprint density at radius 2 is 1.84 bits per heavy atom. The minimum Gasteiger partial charge on any atom is -0.381 e. The second-order valence-corrected chi connectivity index (χ2v) is 7.06. The molecular weight excluding hydrogens is 316 g/mol. The number of ether oxygens (including phenoxy) is 1. The van der Waals surface area contributed by atoms with Crippen molar-refractivity contribution >= 4 is 11.8 Å². The van der Waals surface area contributed by atoms with Crippen LogP contribution in [0.25, 0.3) is 0 Å². The minimum atomic E-state index is -0.502. The molecule has 1 N–H and O–H groups in total. The van der Waals surface area contributed by atoms with Gasteiger partial charge < -0.3 is 15.0 Å². The molecule has 5 heteroatoms. The van der Waals surface area contributed by atoms with Crippen LogP contribution in [0.1, 0.15) is 38.7 Å². The molecule has 0 spiro atoms. The van der Waals surface area contributed by atoms with E-state index in [1.54, 1.807) is 0 Å². The van der Waals surface area contributed by atoms with Crippen LogP contribution in [0.15, 0.2) is 30.3 Å². The molecular formula is C20H30N2O3. The van der Waals surface area contributed by atoms with Crippen molar-refractivity contribution in [1.82, 2.24) is 10.2 Å². The van der Waals surface area contributed by atoms with Gasteiger partial charge in [-0.3, -0.25) is 9.59 Å². The molecule has 0 radical (unpaired) electrons. The van der Waals surface area contributed by atoms with Crippen molar-refractivity contribution in [2.75, 3.05) is 26.3 Å². The number of benzene rings is 1. The number of nitrogens with one attached hydrogen (secondary N) is 1. The summed E-state index contributed by atoms with van der Waals surface area (Å²) in [4.78, 5) is 26.9. The standard InChI is InChI=1S/C20H30N2O3/c1-16(2)15-25-13-10-19(23)21-18(14-17-8-4-3-5-9-17)20(24)22-11-6-7-12-22/h3-5,8-9,16,18H,6-7,10-15H2,1-2H3,(H,21,23). The third-order valence-electron chi connectivity index (χ3n) is 4.26. The van der Waals surface area contributed by atoms with Gasteiger partial charge >= 0.3 is 0 Å². The Kier molecular flexibility index (Phi) is 7.92. The normalized spacial score (nSPS) is 15.4. The molecule has 1 heterocycles. The number of amides is 2. The summed E-state index contributed by atoms with van der Waals surface area (Å²) in [7, 11) is 0. The van der Waals surface area contributed by atoms with Gasteiger partial charge in [-0.05, 0) is 24.3 Å². The smallest absolute Gasteiger partial charge is 0.245 e. The van der Waals surface area contributed by atoms with Crippen molar-refractivity contribution in [3.8, 4) is 0 Å². The summed E-state index contributed by atoms with van der Waals surface area (Å²) in [6.07, 6.45) is 2.89. The van der Waals surface area contributed by atoms with E-state index in [1.807, 2.05) is 35.2 Å². The van der Waals surface area contributed by atoms with Crippen molar-refractivity contribution in [1.29, 1.82) is 0 Å². The summed E-state index contributed by atoms with van der Waals surface area (Å²) in [5, 5.41) is 2.92. The lowest BCUT2D eigenvalue weighted by Gasteiger charge is -2.24. The zero-order chi connectivity index (χ0) is 18.1. The summed E-state index contributed by atoms with van der Waals surface area (Å²) >= 11 is 0. The minimum absolute atomic E-state index is 0.0257. The summed E-state index contributed by atoms with van der Waals surface area (Å²) in [6, 6.07) is 9.33. The average molecular weight is 346 g/mol. The Balaban J connectivity index is 1.91. The van der Waals surface area contributed by atoms with E-state index >= 15 is 0 Å². The second-order valence-electron chi connectivity index (χ2n) is 7.06. The zero-order valence-corrected chi connectivity index (χ0v) is 15.4. The van der Waals surface area contributed by atoms with Crippen LogP contribution in [0.4, 0.5) is 0 Å². The van der Waals surface area contributed by atoms with Crippen LogP contribution in [0.5, 0.6) is 0 Å². The van der Waals surface area contributed by atoms with Crippen LogP contribution >= 0.6 is 0 Å². The van der Waals surface area contributed by atoms with Crippen molar-refractivity contribution in [3.05, 3.63) is 35.9 Å². The van der Waals surface area contributed by atoms with Gasteiger partial charge in [0.15, 0.2) is 0 Å². The molecule has 0 bridgehead atoms. The first-order valence-electron chi connectivity index (χ1n) is 9.26. The summed E-state index contributed by atoms with van der Waals surface area (Å²) in [6.45, 7) is 6.76. The van der Waals surface area contributed by atoms with E-state index in [2.05, 4.69) is 19.2 Å². The summed E-state index contributed by atoms with van der Waals surface area (Å²) in [5.41, 5.74) is 1.05. The molecule has 25 heavy (non-hydrogen) atoms. The molecule has 138 valence electrons. The van der Waals surface area contributed by atoms with Crippen molar-refractivity contribution in [2.24, 2.45) is 5.92 Å². The van der Waals surface area contributed by atoms with Gasteiger partial charge in [-0.15, -0.1) is 0 Å². The monoisotopic (exact) mass is 346 g/mol. The number of carbonyl (C=O) groups is 2. The third kappa shape index (κ3) is 6.86. The van der Waals surface area contributed by atoms with Crippen LogP contribution in [0.3, 0.4) is 0 Å². The van der Waals surface area contributed by atoms with Gasteiger partial charge in [0.1, 0.15) is 6.04 Å². The van der Waals surface area contributed by atoms with Gasteiger partial charge in [0, 0.05) is 32.5 Å². The lowest BCUT2D eigenvalue weighted by atomic mass is 10.0. The second kappa shape index (κ2) is 10.2. The van der Waals surface area contributed by atoms with Crippen molar-refractivity contribution in [3.63, 3.8) is 0 Å². The predicted octanol–water partition coefficient (Wildman–Crippen LogP) is 2.40. The first kappa shape index (κ1) is 19.4. The molecule has 1 atom stereocenters. The van der Waals surface area contributed by atoms with Gasteiger partial charge in [0.2, 0.25) is 11.8 Å². The Hall–Kier alpha value is -1.88. The fourth-order valence-corrected chi connectivity index (χ4v) is 2.96. The Morgan fingerprint density at radius 1 is 1.16 bits per heavy atom. The fourth-order valence-electron chi connectivity index (χ4n) is 2.96. The molecule has 1 aromatic rings. The maximum atomic E-state index is 12.8. The highest BCUT2D eigenvalue weighted by atomic mass is 16.5. The molecule has 0 aliphatic carbocycles. The van der Waals surface area contributed by atoms with E-state index in [1.165, 1.54) is 0 Å². The summed E-state index contributed by atoms with van der Waals surface area (Å²) < 4.78 is 5.47. The van der Waals surface area contributed by atoms with Gasteiger partial charge in [0.25, 0.3) is 0 Å². The number of likely N-dealkylation sites (tertiary alicyclic amines) is 1. The molecule has 0 saturated carbocycles. The van der Waals surface area contributed by atoms with Crippen LogP contribution in [0.2, 0.25) is 0 Å². The third-order valence-corrected chi connectivity index (χ3v) is 4.26. The largest absolute Gasteiger partial charge is 0.381 e. The van der Waals surface area contributed by atoms with Crippen molar-refractivity contribution in [2.45, 2.75) is 45.6 Å². The highest BCUT2D eigenvalue weighted by Crippen LogP contribution is 2.12. The lowest BCUT2D eigenvalue weighted by Crippen LogP contribution is -2.49. The highest BCUT2D eigenvalue weighted by Gasteiger charge is 2.27. The molecule has 1 aliphatic heterocycles. The van der Waals surface area contributed by atoms with E-state index in [0.29, 0.717) is 25.6 Å². The van der Waals surface area contributed by atoms with E-state index in [-0.39, 0.29) is 18.2 Å². The quantitative estimate of drug-likeness (QED) is 0.699. The Morgan fingerprint density at radius 3 is 2.48 bits per heavy atom. The average Bonchev–Trinajstić information content (AvgIpc) is 3.13. The molecule has 0 aromatic heterocycles. The molecule has 2 amide bonds. The Labute approximate surface area is 150 Å². The zero-order valence-electron chi connectivity index (χ0n) is 15.4. The molecule has 2 rings (SSSR count). The number of carbonyl (C=O) groups excluding carboxylic acids is 2. The van der Waals surface area contributed by atoms with E-state index < -0.39 is 6.04 Å². The molecule has 5 nitrogen and oxygen atoms in total. The van der Waals surface area contributed by atoms with E-state index in [9.17, 15) is 9.59 Å². The number of nitrogens with zero attached hydrogens (tertiary/aromatic N) is 1. The number of hydrogen-bond acceptors (Lipinski definition) is 3. The van der Waals surface area contributed by atoms with Crippen molar-refractivity contribution < 1.29 is 14.3 Å². The van der Waals surface area contributed by atoms with Gasteiger partial charge in [0.05, 0.1) is 6.61 Å². The van der Waals surface area contributed by atoms with Crippen LogP contribution < -0.4 is 5.32 Å². The molecule has 1 aromatic carbocycles. The lowest BCUT2D eigenvalue weighted by molar-refractivity contribution is -0.135. The van der Waals surface area contributed by atoms with Crippen LogP contribution in [-0.4, -0.2) is 49.1 Å². The SMILES string of the molecule is CC(C)COCCC(=O)NC(Cc1ccccc1)C(=O)N1CCCC1. The molecule has 1 saturated heterocycles. The number of rotatable bonds is 9. The molecule has 1 fully saturated rings. The van der Waals surface area contributed by atoms with Gasteiger partial charge in [-0.2, -0.15) is 0 Å². The van der Waals surface area contributed by atoms with E-state index in [0.717, 1.165) is 31.5 Å². The maximum absolute atomic E-state index is 12.8. The first-order chi connectivity index (χ1) is 12.1. The maximum Gasteiger partial charge on any atom is 0.245 e. The van der Waals surface area contributed by atoms with Gasteiger partial charge in [-0.25, -0.2) is 0 Å². The molecule has 1 unspecified atom stereocenters. The summed E-state index contributed by atoms with van der Waals surface area (Å²) in [5.74, 6) is 0.348. The van der Waals surface area contributed by atoms with E-state index in [4.69, 9.17) is 4.74 Å². The van der Waals surface area contributed by atoms with Crippen LogP contribution in [0, 0.1) is 5.92 Å². The van der Waals surface area contributed by atoms with Gasteiger partial charge in [-0.1, -0.05) is 44.2 Å². The highest BCUT2D eigenvalue weighted by molar-refractivity contribution is 5.88. The molecule has 1 aliphatic rings. The number of hydrogen-bond donors (Lipinski definition) is 1. The fraction of sp³-hybridized carbons (Fsp3) is 0.600. The first-order valence-corrected chi connectivity index (χ1v) is 9.26. The predicted molar refractivity (Wildman–Crippen MR) is 98.2 cm³/mol. The Bertz CT molecular complexity index is 539. The topological polar surface area (TPSA) is 58.6 Å².